The zero-order valence-corrected chi connectivity index (χ0v) is 18.5. The zero-order chi connectivity index (χ0) is 21.9. The zero-order valence-electron chi connectivity index (χ0n) is 16.1. The van der Waals surface area contributed by atoms with Crippen molar-refractivity contribution in [1.82, 2.24) is 9.97 Å². The van der Waals surface area contributed by atoms with Crippen LogP contribution >= 0.6 is 23.4 Å². The smallest absolute Gasteiger partial charge is 0.270 e. The second-order valence-corrected chi connectivity index (χ2v) is 9.82. The van der Waals surface area contributed by atoms with E-state index in [9.17, 15) is 18.0 Å². The monoisotopic (exact) mass is 463 g/mol. The highest BCUT2D eigenvalue weighted by atomic mass is 35.5. The lowest BCUT2D eigenvalue weighted by molar-refractivity contribution is -0.113. The number of nitrogens with one attached hydrogen (secondary N) is 2. The van der Waals surface area contributed by atoms with Gasteiger partial charge in [-0.05, 0) is 49.2 Å². The predicted molar refractivity (Wildman–Crippen MR) is 117 cm³/mol. The summed E-state index contributed by atoms with van der Waals surface area (Å²) < 4.78 is 25.3. The maximum atomic E-state index is 12.7. The van der Waals surface area contributed by atoms with Crippen LogP contribution in [-0.2, 0) is 14.6 Å². The summed E-state index contributed by atoms with van der Waals surface area (Å²) in [5, 5.41) is 3.19. The van der Waals surface area contributed by atoms with E-state index in [-0.39, 0.29) is 26.7 Å². The number of aromatic nitrogens is 2. The van der Waals surface area contributed by atoms with E-state index in [1.165, 1.54) is 24.3 Å². The van der Waals surface area contributed by atoms with Crippen LogP contribution in [0.15, 0.2) is 68.4 Å². The first-order valence-corrected chi connectivity index (χ1v) is 11.6. The number of aromatic amines is 1. The third-order valence-electron chi connectivity index (χ3n) is 4.15. The van der Waals surface area contributed by atoms with Crippen molar-refractivity contribution >= 4 is 44.8 Å². The summed E-state index contributed by atoms with van der Waals surface area (Å²) in [5.41, 5.74) is 1.85. The molecule has 0 unspecified atom stereocenters. The van der Waals surface area contributed by atoms with E-state index in [1.807, 2.05) is 32.0 Å². The molecule has 1 amide bonds. The lowest BCUT2D eigenvalue weighted by Crippen LogP contribution is -2.20. The molecule has 10 heteroatoms. The van der Waals surface area contributed by atoms with Crippen LogP contribution in [0.3, 0.4) is 0 Å². The minimum Gasteiger partial charge on any atom is -0.325 e. The number of aryl methyl sites for hydroxylation is 2. The van der Waals surface area contributed by atoms with Gasteiger partial charge in [-0.1, -0.05) is 41.6 Å². The molecule has 0 fully saturated rings. The van der Waals surface area contributed by atoms with Gasteiger partial charge in [-0.15, -0.1) is 0 Å². The van der Waals surface area contributed by atoms with Crippen LogP contribution in [0.2, 0.25) is 5.02 Å². The molecule has 0 aliphatic carbocycles. The van der Waals surface area contributed by atoms with E-state index in [1.54, 1.807) is 0 Å². The maximum Gasteiger partial charge on any atom is 0.270 e. The highest BCUT2D eigenvalue weighted by Crippen LogP contribution is 2.22. The Bertz CT molecular complexity index is 1270. The molecule has 0 saturated heterocycles. The van der Waals surface area contributed by atoms with Crippen molar-refractivity contribution in [3.8, 4) is 0 Å². The molecule has 0 aliphatic heterocycles. The number of amides is 1. The molecule has 1 heterocycles. The number of carbonyl (C=O) groups is 1. The summed E-state index contributed by atoms with van der Waals surface area (Å²) in [6.07, 6.45) is 0.986. The molecule has 0 spiro atoms. The van der Waals surface area contributed by atoms with Crippen molar-refractivity contribution in [2.24, 2.45) is 0 Å². The second kappa shape index (κ2) is 9.03. The average Bonchev–Trinajstić information content (AvgIpc) is 2.69. The van der Waals surface area contributed by atoms with Gasteiger partial charge in [0, 0.05) is 10.7 Å². The van der Waals surface area contributed by atoms with Crippen molar-refractivity contribution in [1.29, 1.82) is 0 Å². The standard InChI is InChI=1S/C20H18ClN3O4S2/c1-12-6-7-13(2)16(8-12)23-18(25)11-29-20-22-10-17(19(26)24-20)30(27,28)15-5-3-4-14(21)9-15/h3-10H,11H2,1-2H3,(H,23,25)(H,22,24,26). The van der Waals surface area contributed by atoms with Gasteiger partial charge in [0.05, 0.1) is 16.8 Å². The van der Waals surface area contributed by atoms with Crippen molar-refractivity contribution < 1.29 is 13.2 Å². The Kier molecular flexibility index (Phi) is 6.64. The molecule has 1 aromatic heterocycles. The van der Waals surface area contributed by atoms with Gasteiger partial charge >= 0.3 is 0 Å². The Morgan fingerprint density at radius 2 is 1.97 bits per heavy atom. The molecular weight excluding hydrogens is 446 g/mol. The van der Waals surface area contributed by atoms with Crippen LogP contribution in [0.4, 0.5) is 5.69 Å². The molecule has 0 atom stereocenters. The number of hydrogen-bond donors (Lipinski definition) is 2. The number of rotatable bonds is 6. The number of carbonyl (C=O) groups excluding carboxylic acids is 1. The molecule has 30 heavy (non-hydrogen) atoms. The SMILES string of the molecule is Cc1ccc(C)c(NC(=O)CSc2ncc(S(=O)(=O)c3cccc(Cl)c3)c(=O)[nH]2)c1. The lowest BCUT2D eigenvalue weighted by Gasteiger charge is -2.09. The lowest BCUT2D eigenvalue weighted by atomic mass is 10.1. The minimum atomic E-state index is -4.07. The third-order valence-corrected chi connectivity index (χ3v) is 7.01. The van der Waals surface area contributed by atoms with Crippen LogP contribution < -0.4 is 10.9 Å². The van der Waals surface area contributed by atoms with E-state index in [4.69, 9.17) is 11.6 Å². The second-order valence-electron chi connectivity index (χ2n) is 6.50. The van der Waals surface area contributed by atoms with E-state index in [0.717, 1.165) is 29.1 Å². The molecular formula is C20H18ClN3O4S2. The minimum absolute atomic E-state index is 0.00326. The summed E-state index contributed by atoms with van der Waals surface area (Å²) >= 11 is 6.84. The fraction of sp³-hybridized carbons (Fsp3) is 0.150. The first-order valence-electron chi connectivity index (χ1n) is 8.77. The van der Waals surface area contributed by atoms with Crippen LogP contribution in [-0.4, -0.2) is 30.0 Å². The van der Waals surface area contributed by atoms with Gasteiger partial charge in [-0.2, -0.15) is 0 Å². The molecule has 7 nitrogen and oxygen atoms in total. The number of hydrogen-bond acceptors (Lipinski definition) is 6. The highest BCUT2D eigenvalue weighted by molar-refractivity contribution is 7.99. The number of sulfone groups is 1. The average molecular weight is 464 g/mol. The van der Waals surface area contributed by atoms with Crippen LogP contribution in [0, 0.1) is 13.8 Å². The Morgan fingerprint density at radius 3 is 2.67 bits per heavy atom. The first kappa shape index (κ1) is 22.1. The number of halogens is 1. The van der Waals surface area contributed by atoms with Gasteiger partial charge in [-0.3, -0.25) is 9.59 Å². The van der Waals surface area contributed by atoms with Gasteiger partial charge in [0.25, 0.3) is 5.56 Å². The molecule has 0 bridgehead atoms. The quantitative estimate of drug-likeness (QED) is 0.427. The Labute approximate surface area is 182 Å². The fourth-order valence-corrected chi connectivity index (χ4v) is 4.75. The van der Waals surface area contributed by atoms with Gasteiger partial charge in [0.15, 0.2) is 10.1 Å². The Morgan fingerprint density at radius 1 is 1.20 bits per heavy atom. The summed E-state index contributed by atoms with van der Waals surface area (Å²) in [4.78, 5) is 30.4. The molecule has 3 rings (SSSR count). The fourth-order valence-electron chi connectivity index (χ4n) is 2.58. The Hall–Kier alpha value is -2.62. The summed E-state index contributed by atoms with van der Waals surface area (Å²) in [6.45, 7) is 3.82. The Balaban J connectivity index is 1.72. The van der Waals surface area contributed by atoms with Gasteiger partial charge < -0.3 is 10.3 Å². The van der Waals surface area contributed by atoms with Crippen molar-refractivity contribution in [2.75, 3.05) is 11.1 Å². The van der Waals surface area contributed by atoms with Crippen LogP contribution in [0.1, 0.15) is 11.1 Å². The molecule has 0 saturated carbocycles. The van der Waals surface area contributed by atoms with Gasteiger partial charge in [-0.25, -0.2) is 13.4 Å². The molecule has 0 radical (unpaired) electrons. The summed E-state index contributed by atoms with van der Waals surface area (Å²) in [6, 6.07) is 11.4. The number of H-pyrrole nitrogens is 1. The van der Waals surface area contributed by atoms with Gasteiger partial charge in [0.1, 0.15) is 0 Å². The van der Waals surface area contributed by atoms with Crippen molar-refractivity contribution in [2.45, 2.75) is 28.8 Å². The number of benzene rings is 2. The number of anilines is 1. The molecule has 0 aliphatic rings. The largest absolute Gasteiger partial charge is 0.325 e. The highest BCUT2D eigenvalue weighted by Gasteiger charge is 2.22. The molecule has 2 N–H and O–H groups in total. The summed E-state index contributed by atoms with van der Waals surface area (Å²) in [5.74, 6) is -0.275. The van der Waals surface area contributed by atoms with Gasteiger partial charge in [0.2, 0.25) is 15.7 Å². The maximum absolute atomic E-state index is 12.7. The summed E-state index contributed by atoms with van der Waals surface area (Å²) in [7, 11) is -4.07. The molecule has 156 valence electrons. The topological polar surface area (TPSA) is 109 Å². The number of thioether (sulfide) groups is 1. The van der Waals surface area contributed by atoms with Crippen LogP contribution in [0.25, 0.3) is 0 Å². The predicted octanol–water partition coefficient (Wildman–Crippen LogP) is 3.60. The molecule has 3 aromatic rings. The van der Waals surface area contributed by atoms with E-state index >= 15 is 0 Å². The van der Waals surface area contributed by atoms with Crippen molar-refractivity contribution in [3.63, 3.8) is 0 Å². The first-order chi connectivity index (χ1) is 14.2. The number of nitrogens with zero attached hydrogens (tertiary/aromatic N) is 1. The van der Waals surface area contributed by atoms with E-state index in [0.29, 0.717) is 5.69 Å². The molecule has 2 aromatic carbocycles. The third kappa shape index (κ3) is 5.10. The van der Waals surface area contributed by atoms with E-state index < -0.39 is 20.3 Å². The van der Waals surface area contributed by atoms with Crippen LogP contribution in [0.5, 0.6) is 0 Å². The van der Waals surface area contributed by atoms with E-state index in [2.05, 4.69) is 15.3 Å². The van der Waals surface area contributed by atoms with Crippen molar-refractivity contribution in [3.05, 3.63) is 75.2 Å². The normalized spacial score (nSPS) is 11.3.